The maximum Gasteiger partial charge on any atom is 0.127 e. The Morgan fingerprint density at radius 2 is 2.17 bits per heavy atom. The summed E-state index contributed by atoms with van der Waals surface area (Å²) in [5, 5.41) is 6.69. The van der Waals surface area contributed by atoms with Crippen LogP contribution in [0.3, 0.4) is 0 Å². The second kappa shape index (κ2) is 7.48. The van der Waals surface area contributed by atoms with E-state index >= 15 is 0 Å². The van der Waals surface area contributed by atoms with Crippen LogP contribution in [0.4, 0.5) is 11.5 Å². The molecule has 5 heteroatoms. The van der Waals surface area contributed by atoms with Gasteiger partial charge < -0.3 is 10.6 Å². The molecule has 4 nitrogen and oxygen atoms in total. The smallest absolute Gasteiger partial charge is 0.127 e. The van der Waals surface area contributed by atoms with Crippen molar-refractivity contribution in [1.82, 2.24) is 9.88 Å². The van der Waals surface area contributed by atoms with E-state index in [0.717, 1.165) is 31.1 Å². The number of hydrogen-bond acceptors (Lipinski definition) is 5. The number of nitrogens with zero attached hydrogens (tertiary/aromatic N) is 2. The molecule has 2 N–H and O–H groups in total. The van der Waals surface area contributed by atoms with Crippen molar-refractivity contribution >= 4 is 23.3 Å². The van der Waals surface area contributed by atoms with Gasteiger partial charge >= 0.3 is 0 Å². The Labute approximate surface area is 114 Å². The van der Waals surface area contributed by atoms with Crippen LogP contribution < -0.4 is 10.6 Å². The largest absolute Gasteiger partial charge is 0.384 e. The zero-order chi connectivity index (χ0) is 12.6. The molecule has 2 rings (SSSR count). The fraction of sp³-hybridized carbons (Fsp3) is 0.615. The van der Waals surface area contributed by atoms with Crippen LogP contribution >= 0.6 is 11.8 Å². The molecule has 1 aliphatic heterocycles. The zero-order valence-corrected chi connectivity index (χ0v) is 11.8. The van der Waals surface area contributed by atoms with Gasteiger partial charge in [0.25, 0.3) is 0 Å². The summed E-state index contributed by atoms with van der Waals surface area (Å²) in [4.78, 5) is 6.79. The van der Waals surface area contributed by atoms with E-state index in [2.05, 4.69) is 45.3 Å². The number of rotatable bonds is 6. The number of hydrogen-bond donors (Lipinski definition) is 2. The Balaban J connectivity index is 1.73. The van der Waals surface area contributed by atoms with E-state index in [1.807, 2.05) is 12.3 Å². The third kappa shape index (κ3) is 4.38. The SMILES string of the molecule is CCNc1cc(NCCN2CCSCC2)ccn1. The van der Waals surface area contributed by atoms with Gasteiger partial charge in [-0.05, 0) is 13.0 Å². The highest BCUT2D eigenvalue weighted by molar-refractivity contribution is 7.99. The number of nitrogens with one attached hydrogen (secondary N) is 2. The molecule has 0 atom stereocenters. The van der Waals surface area contributed by atoms with Crippen molar-refractivity contribution < 1.29 is 0 Å². The van der Waals surface area contributed by atoms with E-state index in [-0.39, 0.29) is 0 Å². The highest BCUT2D eigenvalue weighted by Crippen LogP contribution is 2.12. The third-order valence-electron chi connectivity index (χ3n) is 2.98. The summed E-state index contributed by atoms with van der Waals surface area (Å²) in [5.41, 5.74) is 1.15. The molecule has 1 saturated heterocycles. The Kier molecular flexibility index (Phi) is 5.61. The molecule has 1 aromatic heterocycles. The molecule has 0 saturated carbocycles. The first-order chi connectivity index (χ1) is 8.88. The Morgan fingerprint density at radius 1 is 1.33 bits per heavy atom. The topological polar surface area (TPSA) is 40.2 Å². The van der Waals surface area contributed by atoms with E-state index in [1.165, 1.54) is 24.6 Å². The molecular formula is C13H22N4S. The highest BCUT2D eigenvalue weighted by Gasteiger charge is 2.09. The average molecular weight is 266 g/mol. The third-order valence-corrected chi connectivity index (χ3v) is 3.92. The van der Waals surface area contributed by atoms with E-state index in [9.17, 15) is 0 Å². The quantitative estimate of drug-likeness (QED) is 0.824. The van der Waals surface area contributed by atoms with Gasteiger partial charge in [-0.1, -0.05) is 0 Å². The van der Waals surface area contributed by atoms with Crippen LogP contribution in [0.5, 0.6) is 0 Å². The fourth-order valence-electron chi connectivity index (χ4n) is 2.00. The van der Waals surface area contributed by atoms with Crippen LogP contribution in [0, 0.1) is 0 Å². The molecule has 2 heterocycles. The van der Waals surface area contributed by atoms with Crippen LogP contribution in [0.1, 0.15) is 6.92 Å². The minimum absolute atomic E-state index is 0.905. The van der Waals surface area contributed by atoms with Gasteiger partial charge in [-0.3, -0.25) is 4.90 Å². The van der Waals surface area contributed by atoms with Crippen LogP contribution in [-0.2, 0) is 0 Å². The predicted octanol–water partition coefficient (Wildman–Crippen LogP) is 1.97. The Hall–Kier alpha value is -0.940. The van der Waals surface area contributed by atoms with Gasteiger partial charge in [0, 0.05) is 62.2 Å². The summed E-state index contributed by atoms with van der Waals surface area (Å²) in [7, 11) is 0. The van der Waals surface area contributed by atoms with Gasteiger partial charge in [0.15, 0.2) is 0 Å². The standard InChI is InChI=1S/C13H22N4S/c1-2-14-13-11-12(3-4-16-13)15-5-6-17-7-9-18-10-8-17/h3-4,11H,2,5-10H2,1H3,(H2,14,15,16). The second-order valence-electron chi connectivity index (χ2n) is 4.34. The van der Waals surface area contributed by atoms with E-state index < -0.39 is 0 Å². The normalized spacial score (nSPS) is 16.5. The molecule has 0 bridgehead atoms. The second-order valence-corrected chi connectivity index (χ2v) is 5.57. The average Bonchev–Trinajstić information content (AvgIpc) is 2.41. The van der Waals surface area contributed by atoms with Crippen LogP contribution in [0.25, 0.3) is 0 Å². The number of anilines is 2. The highest BCUT2D eigenvalue weighted by atomic mass is 32.2. The molecule has 0 unspecified atom stereocenters. The first-order valence-corrected chi connectivity index (χ1v) is 7.78. The molecule has 100 valence electrons. The molecule has 1 fully saturated rings. The van der Waals surface area contributed by atoms with Gasteiger partial charge in [0.1, 0.15) is 5.82 Å². The van der Waals surface area contributed by atoms with E-state index in [0.29, 0.717) is 0 Å². The van der Waals surface area contributed by atoms with Gasteiger partial charge in [0.2, 0.25) is 0 Å². The Morgan fingerprint density at radius 3 is 2.94 bits per heavy atom. The van der Waals surface area contributed by atoms with Crippen LogP contribution in [-0.4, -0.2) is 54.1 Å². The Bertz CT molecular complexity index is 353. The van der Waals surface area contributed by atoms with Gasteiger partial charge in [-0.2, -0.15) is 11.8 Å². The molecule has 0 radical (unpaired) electrons. The fourth-order valence-corrected chi connectivity index (χ4v) is 2.98. The van der Waals surface area contributed by atoms with Crippen LogP contribution in [0.15, 0.2) is 18.3 Å². The van der Waals surface area contributed by atoms with E-state index in [1.54, 1.807) is 0 Å². The summed E-state index contributed by atoms with van der Waals surface area (Å²) in [6.07, 6.45) is 1.85. The zero-order valence-electron chi connectivity index (χ0n) is 11.0. The van der Waals surface area contributed by atoms with Crippen LogP contribution in [0.2, 0.25) is 0 Å². The lowest BCUT2D eigenvalue weighted by Crippen LogP contribution is -2.36. The first kappa shape index (κ1) is 13.5. The molecule has 18 heavy (non-hydrogen) atoms. The molecule has 1 aliphatic rings. The van der Waals surface area contributed by atoms with Crippen molar-refractivity contribution in [2.24, 2.45) is 0 Å². The molecule has 0 aromatic carbocycles. The van der Waals surface area contributed by atoms with Crippen molar-refractivity contribution in [2.45, 2.75) is 6.92 Å². The van der Waals surface area contributed by atoms with Gasteiger partial charge in [-0.15, -0.1) is 0 Å². The summed E-state index contributed by atoms with van der Waals surface area (Å²) >= 11 is 2.06. The molecule has 1 aromatic rings. The molecular weight excluding hydrogens is 244 g/mol. The van der Waals surface area contributed by atoms with Crippen molar-refractivity contribution in [3.05, 3.63) is 18.3 Å². The van der Waals surface area contributed by atoms with Crippen molar-refractivity contribution in [3.8, 4) is 0 Å². The minimum Gasteiger partial charge on any atom is -0.384 e. The van der Waals surface area contributed by atoms with Crippen molar-refractivity contribution in [3.63, 3.8) is 0 Å². The first-order valence-electron chi connectivity index (χ1n) is 6.62. The monoisotopic (exact) mass is 266 g/mol. The molecule has 0 spiro atoms. The lowest BCUT2D eigenvalue weighted by Gasteiger charge is -2.26. The number of thioether (sulfide) groups is 1. The number of pyridine rings is 1. The summed E-state index contributed by atoms with van der Waals surface area (Å²) in [6.45, 7) is 7.56. The maximum absolute atomic E-state index is 4.26. The lowest BCUT2D eigenvalue weighted by atomic mass is 10.3. The summed E-state index contributed by atoms with van der Waals surface area (Å²) < 4.78 is 0. The van der Waals surface area contributed by atoms with Crippen molar-refractivity contribution in [2.75, 3.05) is 54.9 Å². The summed E-state index contributed by atoms with van der Waals surface area (Å²) in [5.74, 6) is 3.50. The van der Waals surface area contributed by atoms with Crippen molar-refractivity contribution in [1.29, 1.82) is 0 Å². The minimum atomic E-state index is 0.905. The maximum atomic E-state index is 4.26. The molecule has 0 amide bonds. The molecule has 0 aliphatic carbocycles. The van der Waals surface area contributed by atoms with Gasteiger partial charge in [0.05, 0.1) is 0 Å². The lowest BCUT2D eigenvalue weighted by molar-refractivity contribution is 0.314. The number of aromatic nitrogens is 1. The van der Waals surface area contributed by atoms with E-state index in [4.69, 9.17) is 0 Å². The predicted molar refractivity (Wildman–Crippen MR) is 80.7 cm³/mol. The summed E-state index contributed by atoms with van der Waals surface area (Å²) in [6, 6.07) is 4.09. The van der Waals surface area contributed by atoms with Gasteiger partial charge in [-0.25, -0.2) is 4.98 Å².